The lowest BCUT2D eigenvalue weighted by molar-refractivity contribution is -0.131. The highest BCUT2D eigenvalue weighted by Gasteiger charge is 2.61. The Hall–Kier alpha value is -0.960. The minimum absolute atomic E-state index is 0.00550. The summed E-state index contributed by atoms with van der Waals surface area (Å²) in [5, 5.41) is 10.1. The molecule has 1 N–H and O–H groups in total. The smallest absolute Gasteiger partial charge is 0.134 e. The second kappa shape index (κ2) is 5.77. The fraction of sp³-hybridized carbons (Fsp3) is 0.818. The number of allylic oxidation sites excluding steroid dienone is 1. The molecule has 3 nitrogen and oxygen atoms in total. The van der Waals surface area contributed by atoms with Gasteiger partial charge in [-0.15, -0.1) is 0 Å². The third-order valence-corrected chi connectivity index (χ3v) is 8.79. The molecule has 0 aromatic heterocycles. The van der Waals surface area contributed by atoms with Crippen LogP contribution in [-0.2, 0) is 9.59 Å². The summed E-state index contributed by atoms with van der Waals surface area (Å²) in [5.74, 6) is 1.77. The maximum absolute atomic E-state index is 12.4. The summed E-state index contributed by atoms with van der Waals surface area (Å²) in [7, 11) is 0. The van der Waals surface area contributed by atoms with Crippen molar-refractivity contribution in [1.82, 2.24) is 0 Å². The molecule has 0 saturated heterocycles. The van der Waals surface area contributed by atoms with E-state index in [4.69, 9.17) is 0 Å². The number of Topliss-reactive ketones (excluding diaryl/α,β-unsaturated/α-hetero) is 1. The Labute approximate surface area is 151 Å². The lowest BCUT2D eigenvalue weighted by Gasteiger charge is -2.57. The standard InChI is InChI=1S/C22H32O3/c1-13(24)20-14(12-23)10-19-17-5-4-15-11-16(25)6-8-21(15,2)18(17)7-9-22(19,20)3/h4,12,14,16-20,25H,5-11H2,1-3H3/t14?,16?,17-,18+,19+,20+,21+,22+/m1/s1. The predicted molar refractivity (Wildman–Crippen MR) is 96.8 cm³/mol. The van der Waals surface area contributed by atoms with Gasteiger partial charge in [0.2, 0.25) is 0 Å². The second-order valence-corrected chi connectivity index (χ2v) is 9.82. The first kappa shape index (κ1) is 17.5. The van der Waals surface area contributed by atoms with Crippen LogP contribution in [-0.4, -0.2) is 23.3 Å². The Morgan fingerprint density at radius 2 is 2.00 bits per heavy atom. The van der Waals surface area contributed by atoms with Crippen molar-refractivity contribution >= 4 is 12.1 Å². The molecule has 0 aromatic rings. The van der Waals surface area contributed by atoms with Gasteiger partial charge in [0.05, 0.1) is 6.10 Å². The van der Waals surface area contributed by atoms with E-state index >= 15 is 0 Å². The van der Waals surface area contributed by atoms with Gasteiger partial charge < -0.3 is 9.90 Å². The first-order valence-electron chi connectivity index (χ1n) is 10.1. The summed E-state index contributed by atoms with van der Waals surface area (Å²) in [6, 6.07) is 0. The molecule has 0 heterocycles. The van der Waals surface area contributed by atoms with Crippen molar-refractivity contribution in [2.45, 2.75) is 71.8 Å². The average Bonchev–Trinajstić information content (AvgIpc) is 2.88. The summed E-state index contributed by atoms with van der Waals surface area (Å²) in [6.45, 7) is 6.39. The topological polar surface area (TPSA) is 54.4 Å². The number of rotatable bonds is 2. The van der Waals surface area contributed by atoms with Crippen LogP contribution < -0.4 is 0 Å². The van der Waals surface area contributed by atoms with E-state index in [0.717, 1.165) is 51.2 Å². The van der Waals surface area contributed by atoms with Crippen LogP contribution in [0.15, 0.2) is 11.6 Å². The van der Waals surface area contributed by atoms with E-state index in [2.05, 4.69) is 19.9 Å². The van der Waals surface area contributed by atoms with Crippen molar-refractivity contribution in [2.24, 2.45) is 40.4 Å². The fourth-order valence-corrected chi connectivity index (χ4v) is 7.64. The molecule has 0 radical (unpaired) electrons. The summed E-state index contributed by atoms with van der Waals surface area (Å²) < 4.78 is 0. The van der Waals surface area contributed by atoms with Crippen molar-refractivity contribution in [1.29, 1.82) is 0 Å². The van der Waals surface area contributed by atoms with Crippen LogP contribution in [0.3, 0.4) is 0 Å². The second-order valence-electron chi connectivity index (χ2n) is 9.82. The fourth-order valence-electron chi connectivity index (χ4n) is 7.64. The number of fused-ring (bicyclic) bond motifs is 5. The van der Waals surface area contributed by atoms with Gasteiger partial charge in [-0.05, 0) is 80.5 Å². The van der Waals surface area contributed by atoms with E-state index < -0.39 is 0 Å². The number of aldehydes is 1. The van der Waals surface area contributed by atoms with Gasteiger partial charge in [-0.2, -0.15) is 0 Å². The molecule has 0 spiro atoms. The van der Waals surface area contributed by atoms with Gasteiger partial charge in [-0.25, -0.2) is 0 Å². The van der Waals surface area contributed by atoms with Crippen molar-refractivity contribution in [3.05, 3.63) is 11.6 Å². The third-order valence-electron chi connectivity index (χ3n) is 8.79. The Bertz CT molecular complexity index is 623. The third kappa shape index (κ3) is 2.34. The van der Waals surface area contributed by atoms with Crippen molar-refractivity contribution in [3.8, 4) is 0 Å². The van der Waals surface area contributed by atoms with Crippen molar-refractivity contribution in [3.63, 3.8) is 0 Å². The SMILES string of the molecule is CC(=O)[C@H]1C(C=O)C[C@H]2[C@@H]3CC=C4CC(O)CC[C@]4(C)[C@H]3CC[C@]12C. The molecule has 4 rings (SSSR count). The van der Waals surface area contributed by atoms with Gasteiger partial charge in [-0.1, -0.05) is 25.5 Å². The molecule has 3 fully saturated rings. The quantitative estimate of drug-likeness (QED) is 0.610. The highest BCUT2D eigenvalue weighted by molar-refractivity contribution is 5.83. The average molecular weight is 344 g/mol. The zero-order chi connectivity index (χ0) is 18.0. The molecule has 4 aliphatic rings. The normalized spacial score (nSPS) is 51.8. The van der Waals surface area contributed by atoms with Crippen LogP contribution in [0.2, 0.25) is 0 Å². The molecular formula is C22H32O3. The highest BCUT2D eigenvalue weighted by Crippen LogP contribution is 2.67. The van der Waals surface area contributed by atoms with Gasteiger partial charge >= 0.3 is 0 Å². The van der Waals surface area contributed by atoms with Gasteiger partial charge in [0.15, 0.2) is 0 Å². The van der Waals surface area contributed by atoms with Crippen LogP contribution in [0.1, 0.15) is 65.7 Å². The van der Waals surface area contributed by atoms with Crippen LogP contribution in [0.5, 0.6) is 0 Å². The van der Waals surface area contributed by atoms with Crippen LogP contribution in [0, 0.1) is 40.4 Å². The first-order chi connectivity index (χ1) is 11.8. The van der Waals surface area contributed by atoms with Crippen molar-refractivity contribution < 1.29 is 14.7 Å². The molecule has 3 saturated carbocycles. The molecule has 25 heavy (non-hydrogen) atoms. The van der Waals surface area contributed by atoms with E-state index in [-0.39, 0.29) is 34.6 Å². The van der Waals surface area contributed by atoms with E-state index in [1.54, 1.807) is 6.92 Å². The van der Waals surface area contributed by atoms with Gasteiger partial charge in [-0.3, -0.25) is 4.79 Å². The number of aliphatic hydroxyl groups excluding tert-OH is 1. The molecule has 3 heteroatoms. The molecule has 0 amide bonds. The van der Waals surface area contributed by atoms with Gasteiger partial charge in [0, 0.05) is 11.8 Å². The summed E-state index contributed by atoms with van der Waals surface area (Å²) in [6.07, 6.45) is 10.3. The number of ketones is 1. The van der Waals surface area contributed by atoms with Gasteiger partial charge in [0.25, 0.3) is 0 Å². The lowest BCUT2D eigenvalue weighted by atomic mass is 9.47. The summed E-state index contributed by atoms with van der Waals surface area (Å²) in [4.78, 5) is 24.1. The molecule has 0 bridgehead atoms. The Morgan fingerprint density at radius 1 is 1.24 bits per heavy atom. The number of carbonyl (C=O) groups is 2. The molecule has 0 aromatic carbocycles. The minimum atomic E-state index is -0.169. The van der Waals surface area contributed by atoms with Crippen LogP contribution in [0.4, 0.5) is 0 Å². The molecule has 8 atom stereocenters. The molecule has 0 aliphatic heterocycles. The van der Waals surface area contributed by atoms with Gasteiger partial charge in [0.1, 0.15) is 12.1 Å². The van der Waals surface area contributed by atoms with E-state index in [0.29, 0.717) is 17.8 Å². The molecule has 2 unspecified atom stereocenters. The number of hydrogen-bond acceptors (Lipinski definition) is 3. The molecule has 4 aliphatic carbocycles. The molecule has 138 valence electrons. The largest absolute Gasteiger partial charge is 0.393 e. The number of carbonyl (C=O) groups excluding carboxylic acids is 2. The highest BCUT2D eigenvalue weighted by atomic mass is 16.3. The predicted octanol–water partition coefficient (Wildman–Crippen LogP) is 3.94. The number of hydrogen-bond donors (Lipinski definition) is 1. The summed E-state index contributed by atoms with van der Waals surface area (Å²) in [5.41, 5.74) is 1.69. The van der Waals surface area contributed by atoms with E-state index in [1.807, 2.05) is 0 Å². The molecular weight excluding hydrogens is 312 g/mol. The van der Waals surface area contributed by atoms with Crippen molar-refractivity contribution in [2.75, 3.05) is 0 Å². The Balaban J connectivity index is 1.70. The zero-order valence-corrected chi connectivity index (χ0v) is 15.8. The zero-order valence-electron chi connectivity index (χ0n) is 15.8. The Kier molecular flexibility index (Phi) is 4.03. The first-order valence-corrected chi connectivity index (χ1v) is 10.1. The maximum Gasteiger partial charge on any atom is 0.134 e. The lowest BCUT2D eigenvalue weighted by Crippen LogP contribution is -2.51. The minimum Gasteiger partial charge on any atom is -0.393 e. The number of aliphatic hydroxyl groups is 1. The van der Waals surface area contributed by atoms with E-state index in [1.165, 1.54) is 5.57 Å². The summed E-state index contributed by atoms with van der Waals surface area (Å²) >= 11 is 0. The monoisotopic (exact) mass is 344 g/mol. The van der Waals surface area contributed by atoms with Crippen LogP contribution >= 0.6 is 0 Å². The van der Waals surface area contributed by atoms with Crippen LogP contribution in [0.25, 0.3) is 0 Å². The Morgan fingerprint density at radius 3 is 2.68 bits per heavy atom. The van der Waals surface area contributed by atoms with E-state index in [9.17, 15) is 14.7 Å². The maximum atomic E-state index is 12.4.